The molecular formula is C16H26N4O2S. The first kappa shape index (κ1) is 17.6. The number of hydrogen-bond donors (Lipinski definition) is 2. The maximum Gasteiger partial charge on any atom is 0.310 e. The fraction of sp³-hybridized carbons (Fsp3) is 0.625. The summed E-state index contributed by atoms with van der Waals surface area (Å²) in [7, 11) is 3.16. The summed E-state index contributed by atoms with van der Waals surface area (Å²) < 4.78 is 4.73. The Morgan fingerprint density at radius 2 is 2.26 bits per heavy atom. The minimum Gasteiger partial charge on any atom is -0.469 e. The van der Waals surface area contributed by atoms with Gasteiger partial charge in [0.15, 0.2) is 5.96 Å². The number of carbonyl (C=O) groups is 1. The van der Waals surface area contributed by atoms with E-state index in [1.807, 2.05) is 6.92 Å². The second kappa shape index (κ2) is 8.76. The first-order chi connectivity index (χ1) is 11.1. The van der Waals surface area contributed by atoms with Crippen LogP contribution in [-0.4, -0.2) is 51.8 Å². The molecule has 6 nitrogen and oxygen atoms in total. The second-order valence-electron chi connectivity index (χ2n) is 5.73. The maximum absolute atomic E-state index is 11.4. The first-order valence-corrected chi connectivity index (χ1v) is 8.85. The number of piperidine rings is 1. The third-order valence-electron chi connectivity index (χ3n) is 4.06. The molecule has 0 bridgehead atoms. The Bertz CT molecular complexity index is 510. The minimum absolute atomic E-state index is 0.195. The highest BCUT2D eigenvalue weighted by molar-refractivity contribution is 7.14. The molecule has 1 aliphatic heterocycles. The van der Waals surface area contributed by atoms with Crippen molar-refractivity contribution in [3.8, 4) is 0 Å². The lowest BCUT2D eigenvalue weighted by atomic mass is 10.1. The van der Waals surface area contributed by atoms with Gasteiger partial charge in [0.2, 0.25) is 0 Å². The van der Waals surface area contributed by atoms with Crippen LogP contribution < -0.4 is 15.5 Å². The molecule has 23 heavy (non-hydrogen) atoms. The van der Waals surface area contributed by atoms with Crippen molar-refractivity contribution in [3.63, 3.8) is 0 Å². The SMILES string of the molecule is CN=C(NCC(C)C(=O)OC)NC1CCN(c2cccs2)CC1. The number of nitrogens with zero attached hydrogens (tertiary/aromatic N) is 2. The van der Waals surface area contributed by atoms with E-state index in [4.69, 9.17) is 4.74 Å². The zero-order valence-corrected chi connectivity index (χ0v) is 14.9. The van der Waals surface area contributed by atoms with Crippen LogP contribution in [0.25, 0.3) is 0 Å². The number of guanidine groups is 1. The normalized spacial score (nSPS) is 17.7. The van der Waals surface area contributed by atoms with Gasteiger partial charge in [-0.2, -0.15) is 0 Å². The number of esters is 1. The van der Waals surface area contributed by atoms with Crippen molar-refractivity contribution in [2.45, 2.75) is 25.8 Å². The number of nitrogens with one attached hydrogen (secondary N) is 2. The number of ether oxygens (including phenoxy) is 1. The predicted molar refractivity (Wildman–Crippen MR) is 95.2 cm³/mol. The summed E-state index contributed by atoms with van der Waals surface area (Å²) in [5.41, 5.74) is 0. The highest BCUT2D eigenvalue weighted by atomic mass is 32.1. The Morgan fingerprint density at radius 1 is 1.52 bits per heavy atom. The van der Waals surface area contributed by atoms with Crippen molar-refractivity contribution in [2.24, 2.45) is 10.9 Å². The molecular weight excluding hydrogens is 312 g/mol. The molecule has 2 N–H and O–H groups in total. The van der Waals surface area contributed by atoms with Crippen molar-refractivity contribution in [1.29, 1.82) is 0 Å². The molecule has 128 valence electrons. The summed E-state index contributed by atoms with van der Waals surface area (Å²) in [6.07, 6.45) is 2.15. The van der Waals surface area contributed by atoms with Gasteiger partial charge in [0, 0.05) is 32.7 Å². The van der Waals surface area contributed by atoms with Gasteiger partial charge in [-0.3, -0.25) is 9.79 Å². The molecule has 1 aliphatic rings. The molecule has 0 radical (unpaired) electrons. The molecule has 1 atom stereocenters. The average molecular weight is 338 g/mol. The van der Waals surface area contributed by atoms with Gasteiger partial charge < -0.3 is 20.3 Å². The fourth-order valence-corrected chi connectivity index (χ4v) is 3.40. The van der Waals surface area contributed by atoms with Gasteiger partial charge in [-0.15, -0.1) is 11.3 Å². The molecule has 0 saturated carbocycles. The standard InChI is InChI=1S/C16H26N4O2S/c1-12(15(21)22-3)11-18-16(17-2)19-13-6-8-20(9-7-13)14-5-4-10-23-14/h4-5,10,12-13H,6-9,11H2,1-3H3,(H2,17,18,19). The maximum atomic E-state index is 11.4. The van der Waals surface area contributed by atoms with Crippen LogP contribution in [0.3, 0.4) is 0 Å². The number of aliphatic imine (C=N–C) groups is 1. The summed E-state index contributed by atoms with van der Waals surface area (Å²) in [6, 6.07) is 4.68. The third-order valence-corrected chi connectivity index (χ3v) is 4.99. The predicted octanol–water partition coefficient (Wildman–Crippen LogP) is 1.69. The molecule has 1 fully saturated rings. The Balaban J connectivity index is 1.74. The van der Waals surface area contributed by atoms with E-state index in [1.54, 1.807) is 18.4 Å². The highest BCUT2D eigenvalue weighted by Crippen LogP contribution is 2.24. The minimum atomic E-state index is -0.211. The molecule has 2 heterocycles. The van der Waals surface area contributed by atoms with E-state index < -0.39 is 0 Å². The monoisotopic (exact) mass is 338 g/mol. The summed E-state index contributed by atoms with van der Waals surface area (Å²) >= 11 is 1.79. The molecule has 2 rings (SSSR count). The van der Waals surface area contributed by atoms with E-state index in [0.29, 0.717) is 12.6 Å². The zero-order valence-electron chi connectivity index (χ0n) is 14.0. The molecule has 1 unspecified atom stereocenters. The smallest absolute Gasteiger partial charge is 0.310 e. The van der Waals surface area contributed by atoms with E-state index in [-0.39, 0.29) is 11.9 Å². The van der Waals surface area contributed by atoms with E-state index in [0.717, 1.165) is 31.9 Å². The highest BCUT2D eigenvalue weighted by Gasteiger charge is 2.21. The zero-order chi connectivity index (χ0) is 16.7. The number of anilines is 1. The Hall–Kier alpha value is -1.76. The fourth-order valence-electron chi connectivity index (χ4n) is 2.62. The molecule has 1 aromatic heterocycles. The lowest BCUT2D eigenvalue weighted by Crippen LogP contribution is -2.49. The third kappa shape index (κ3) is 5.13. The number of methoxy groups -OCH3 is 1. The van der Waals surface area contributed by atoms with Crippen LogP contribution in [-0.2, 0) is 9.53 Å². The second-order valence-corrected chi connectivity index (χ2v) is 6.66. The summed E-state index contributed by atoms with van der Waals surface area (Å²) in [6.45, 7) is 4.45. The van der Waals surface area contributed by atoms with E-state index in [2.05, 4.69) is 38.0 Å². The van der Waals surface area contributed by atoms with Crippen LogP contribution in [0, 0.1) is 5.92 Å². The van der Waals surface area contributed by atoms with Gasteiger partial charge in [0.25, 0.3) is 0 Å². The van der Waals surface area contributed by atoms with Crippen molar-refractivity contribution in [1.82, 2.24) is 10.6 Å². The number of hydrogen-bond acceptors (Lipinski definition) is 5. The van der Waals surface area contributed by atoms with E-state index in [9.17, 15) is 4.79 Å². The van der Waals surface area contributed by atoms with Gasteiger partial charge in [-0.05, 0) is 30.4 Å². The molecule has 7 heteroatoms. The lowest BCUT2D eigenvalue weighted by molar-refractivity contribution is -0.144. The van der Waals surface area contributed by atoms with Crippen LogP contribution >= 0.6 is 11.3 Å². The molecule has 1 saturated heterocycles. The van der Waals surface area contributed by atoms with Crippen molar-refractivity contribution in [2.75, 3.05) is 38.7 Å². The Kier molecular flexibility index (Phi) is 6.70. The number of rotatable bonds is 5. The van der Waals surface area contributed by atoms with Crippen LogP contribution in [0.4, 0.5) is 5.00 Å². The number of carbonyl (C=O) groups excluding carboxylic acids is 1. The van der Waals surface area contributed by atoms with Crippen molar-refractivity contribution >= 4 is 28.3 Å². The topological polar surface area (TPSA) is 66.0 Å². The molecule has 1 aromatic rings. The van der Waals surface area contributed by atoms with Crippen molar-refractivity contribution in [3.05, 3.63) is 17.5 Å². The molecule has 0 amide bonds. The van der Waals surface area contributed by atoms with Gasteiger partial charge in [0.1, 0.15) is 0 Å². The van der Waals surface area contributed by atoms with Gasteiger partial charge >= 0.3 is 5.97 Å². The lowest BCUT2D eigenvalue weighted by Gasteiger charge is -2.33. The summed E-state index contributed by atoms with van der Waals surface area (Å²) in [5.74, 6) is 0.340. The van der Waals surface area contributed by atoms with Crippen molar-refractivity contribution < 1.29 is 9.53 Å². The summed E-state index contributed by atoms with van der Waals surface area (Å²) in [5, 5.41) is 10.1. The van der Waals surface area contributed by atoms with Crippen LogP contribution in [0.2, 0.25) is 0 Å². The first-order valence-electron chi connectivity index (χ1n) is 7.97. The average Bonchev–Trinajstić information content (AvgIpc) is 3.12. The van der Waals surface area contributed by atoms with Crippen LogP contribution in [0.1, 0.15) is 19.8 Å². The molecule has 0 aromatic carbocycles. The molecule has 0 aliphatic carbocycles. The van der Waals surface area contributed by atoms with Gasteiger partial charge in [-0.25, -0.2) is 0 Å². The summed E-state index contributed by atoms with van der Waals surface area (Å²) in [4.78, 5) is 18.1. The largest absolute Gasteiger partial charge is 0.469 e. The number of thiophene rings is 1. The van der Waals surface area contributed by atoms with E-state index >= 15 is 0 Å². The van der Waals surface area contributed by atoms with Crippen LogP contribution in [0.5, 0.6) is 0 Å². The van der Waals surface area contributed by atoms with E-state index in [1.165, 1.54) is 12.1 Å². The molecule has 0 spiro atoms. The Labute approximate surface area is 141 Å². The van der Waals surface area contributed by atoms with Gasteiger partial charge in [-0.1, -0.05) is 6.92 Å². The van der Waals surface area contributed by atoms with Crippen LogP contribution in [0.15, 0.2) is 22.5 Å². The van der Waals surface area contributed by atoms with Gasteiger partial charge in [0.05, 0.1) is 18.0 Å². The Morgan fingerprint density at radius 3 is 2.83 bits per heavy atom. The quantitative estimate of drug-likeness (QED) is 0.486.